The fourth-order valence-corrected chi connectivity index (χ4v) is 3.39. The predicted octanol–water partition coefficient (Wildman–Crippen LogP) is 3.93. The summed E-state index contributed by atoms with van der Waals surface area (Å²) >= 11 is 0. The van der Waals surface area contributed by atoms with Gasteiger partial charge in [0.05, 0.1) is 25.3 Å². The van der Waals surface area contributed by atoms with Crippen LogP contribution in [0.4, 0.5) is 0 Å². The molecule has 1 aliphatic carbocycles. The van der Waals surface area contributed by atoms with E-state index in [0.29, 0.717) is 6.54 Å². The van der Waals surface area contributed by atoms with Gasteiger partial charge in [-0.05, 0) is 39.7 Å². The van der Waals surface area contributed by atoms with Crippen LogP contribution in [0.2, 0.25) is 0 Å². The zero-order chi connectivity index (χ0) is 18.3. The van der Waals surface area contributed by atoms with Gasteiger partial charge >= 0.3 is 0 Å². The number of halogens is 1. The second kappa shape index (κ2) is 11.0. The molecule has 1 aromatic carbocycles. The molecule has 5 nitrogen and oxygen atoms in total. The molecule has 26 heavy (non-hydrogen) atoms. The molecule has 1 saturated carbocycles. The molecule has 0 aliphatic heterocycles. The number of guanidine groups is 1. The van der Waals surface area contributed by atoms with E-state index >= 15 is 0 Å². The van der Waals surface area contributed by atoms with Crippen molar-refractivity contribution in [1.29, 1.82) is 0 Å². The molecule has 1 aliphatic rings. The minimum absolute atomic E-state index is 0. The maximum Gasteiger partial charge on any atom is 0.191 e. The van der Waals surface area contributed by atoms with Crippen molar-refractivity contribution in [2.45, 2.75) is 64.5 Å². The van der Waals surface area contributed by atoms with Gasteiger partial charge in [-0.3, -0.25) is 4.99 Å². The average molecular weight is 475 g/mol. The SMILES string of the molecule is CCNC(=NCC1(O)CCCCC1)NC(C)c1cc(C)ccc1OC.I. The number of hydrogen-bond donors (Lipinski definition) is 3. The summed E-state index contributed by atoms with van der Waals surface area (Å²) < 4.78 is 5.49. The standard InChI is InChI=1S/C20H33N3O2.HI/c1-5-21-19(22-14-20(24)11-7-6-8-12-20)23-16(3)17-13-15(2)9-10-18(17)25-4;/h9-10,13,16,24H,5-8,11-12,14H2,1-4H3,(H2,21,22,23);1H. The lowest BCUT2D eigenvalue weighted by atomic mass is 9.85. The van der Waals surface area contributed by atoms with E-state index < -0.39 is 5.60 Å². The Hall–Kier alpha value is -1.02. The highest BCUT2D eigenvalue weighted by Gasteiger charge is 2.29. The highest BCUT2D eigenvalue weighted by atomic mass is 127. The Labute approximate surface area is 175 Å². The van der Waals surface area contributed by atoms with Crippen LogP contribution < -0.4 is 15.4 Å². The molecule has 2 rings (SSSR count). The van der Waals surface area contributed by atoms with Gasteiger partial charge in [-0.2, -0.15) is 0 Å². The van der Waals surface area contributed by atoms with Gasteiger partial charge in [-0.1, -0.05) is 37.0 Å². The van der Waals surface area contributed by atoms with E-state index in [-0.39, 0.29) is 30.0 Å². The first-order valence-corrected chi connectivity index (χ1v) is 9.39. The summed E-state index contributed by atoms with van der Waals surface area (Å²) in [5.41, 5.74) is 1.65. The van der Waals surface area contributed by atoms with Crippen LogP contribution in [0.3, 0.4) is 0 Å². The van der Waals surface area contributed by atoms with Crippen LogP contribution in [0.5, 0.6) is 5.75 Å². The first-order chi connectivity index (χ1) is 12.0. The van der Waals surface area contributed by atoms with E-state index in [9.17, 15) is 5.11 Å². The molecule has 0 saturated heterocycles. The topological polar surface area (TPSA) is 65.9 Å². The lowest BCUT2D eigenvalue weighted by Crippen LogP contribution is -2.41. The highest BCUT2D eigenvalue weighted by Crippen LogP contribution is 2.28. The van der Waals surface area contributed by atoms with Gasteiger partial charge in [0.15, 0.2) is 5.96 Å². The van der Waals surface area contributed by atoms with Gasteiger partial charge in [-0.15, -0.1) is 24.0 Å². The Bertz CT molecular complexity index is 586. The normalized spacial score (nSPS) is 17.8. The smallest absolute Gasteiger partial charge is 0.191 e. The summed E-state index contributed by atoms with van der Waals surface area (Å²) in [6.07, 6.45) is 5.09. The minimum Gasteiger partial charge on any atom is -0.496 e. The van der Waals surface area contributed by atoms with E-state index in [4.69, 9.17) is 4.74 Å². The number of hydrogen-bond acceptors (Lipinski definition) is 3. The molecule has 0 radical (unpaired) electrons. The van der Waals surface area contributed by atoms with Crippen LogP contribution in [0.1, 0.15) is 63.1 Å². The third-order valence-electron chi connectivity index (χ3n) is 4.86. The molecule has 1 aromatic rings. The maximum atomic E-state index is 10.7. The van der Waals surface area contributed by atoms with Crippen LogP contribution in [0.25, 0.3) is 0 Å². The third kappa shape index (κ3) is 6.61. The van der Waals surface area contributed by atoms with Crippen LogP contribution >= 0.6 is 24.0 Å². The van der Waals surface area contributed by atoms with Crippen molar-refractivity contribution in [2.75, 3.05) is 20.2 Å². The number of ether oxygens (including phenoxy) is 1. The van der Waals surface area contributed by atoms with E-state index in [0.717, 1.165) is 49.5 Å². The fourth-order valence-electron chi connectivity index (χ4n) is 3.39. The molecule has 0 amide bonds. The summed E-state index contributed by atoms with van der Waals surface area (Å²) in [5, 5.41) is 17.4. The van der Waals surface area contributed by atoms with Crippen molar-refractivity contribution in [3.8, 4) is 5.75 Å². The van der Waals surface area contributed by atoms with Gasteiger partial charge < -0.3 is 20.5 Å². The predicted molar refractivity (Wildman–Crippen MR) is 119 cm³/mol. The van der Waals surface area contributed by atoms with Crippen molar-refractivity contribution < 1.29 is 9.84 Å². The number of methoxy groups -OCH3 is 1. The molecule has 1 atom stereocenters. The Kier molecular flexibility index (Phi) is 9.71. The molecule has 0 spiro atoms. The molecule has 1 unspecified atom stereocenters. The molecule has 0 bridgehead atoms. The number of aliphatic hydroxyl groups is 1. The lowest BCUT2D eigenvalue weighted by Gasteiger charge is -2.31. The van der Waals surface area contributed by atoms with E-state index in [1.165, 1.54) is 12.0 Å². The molecule has 6 heteroatoms. The van der Waals surface area contributed by atoms with Crippen molar-refractivity contribution in [1.82, 2.24) is 10.6 Å². The number of nitrogens with one attached hydrogen (secondary N) is 2. The third-order valence-corrected chi connectivity index (χ3v) is 4.86. The first-order valence-electron chi connectivity index (χ1n) is 9.39. The lowest BCUT2D eigenvalue weighted by molar-refractivity contribution is 0.0131. The number of benzene rings is 1. The monoisotopic (exact) mass is 475 g/mol. The summed E-state index contributed by atoms with van der Waals surface area (Å²) in [5.74, 6) is 1.60. The minimum atomic E-state index is -0.648. The van der Waals surface area contributed by atoms with Gasteiger partial charge in [0.25, 0.3) is 0 Å². The van der Waals surface area contributed by atoms with Gasteiger partial charge in [0.2, 0.25) is 0 Å². The van der Waals surface area contributed by atoms with Gasteiger partial charge in [-0.25, -0.2) is 0 Å². The van der Waals surface area contributed by atoms with E-state index in [2.05, 4.69) is 35.5 Å². The Morgan fingerprint density at radius 3 is 2.62 bits per heavy atom. The quantitative estimate of drug-likeness (QED) is 0.332. The van der Waals surface area contributed by atoms with E-state index in [1.807, 2.05) is 19.1 Å². The molecule has 148 valence electrons. The molecule has 1 fully saturated rings. The molecular formula is C20H34IN3O2. The second-order valence-corrected chi connectivity index (χ2v) is 7.09. The fraction of sp³-hybridized carbons (Fsp3) is 0.650. The van der Waals surface area contributed by atoms with Crippen molar-refractivity contribution in [2.24, 2.45) is 4.99 Å². The Morgan fingerprint density at radius 2 is 2.00 bits per heavy atom. The summed E-state index contributed by atoms with van der Waals surface area (Å²) in [6.45, 7) is 7.44. The number of aryl methyl sites for hydroxylation is 1. The highest BCUT2D eigenvalue weighted by molar-refractivity contribution is 14.0. The largest absolute Gasteiger partial charge is 0.496 e. The van der Waals surface area contributed by atoms with Gasteiger partial charge in [0.1, 0.15) is 5.75 Å². The number of aliphatic imine (C=N–C) groups is 1. The van der Waals surface area contributed by atoms with Crippen LogP contribution in [0, 0.1) is 6.92 Å². The molecule has 3 N–H and O–H groups in total. The van der Waals surface area contributed by atoms with Crippen molar-refractivity contribution in [3.05, 3.63) is 29.3 Å². The zero-order valence-corrected chi connectivity index (χ0v) is 18.8. The summed E-state index contributed by atoms with van der Waals surface area (Å²) in [6, 6.07) is 6.23. The van der Waals surface area contributed by atoms with Crippen molar-refractivity contribution >= 4 is 29.9 Å². The number of rotatable bonds is 6. The molecule has 0 aromatic heterocycles. The summed E-state index contributed by atoms with van der Waals surface area (Å²) in [4.78, 5) is 4.66. The van der Waals surface area contributed by atoms with Crippen LogP contribution in [-0.2, 0) is 0 Å². The van der Waals surface area contributed by atoms with Crippen molar-refractivity contribution in [3.63, 3.8) is 0 Å². The number of nitrogens with zero attached hydrogens (tertiary/aromatic N) is 1. The Balaban J connectivity index is 0.00000338. The van der Waals surface area contributed by atoms with E-state index in [1.54, 1.807) is 7.11 Å². The Morgan fingerprint density at radius 1 is 1.31 bits per heavy atom. The molecule has 0 heterocycles. The first kappa shape index (κ1) is 23.0. The average Bonchev–Trinajstić information content (AvgIpc) is 2.60. The van der Waals surface area contributed by atoms with Crippen LogP contribution in [-0.4, -0.2) is 36.9 Å². The second-order valence-electron chi connectivity index (χ2n) is 7.09. The maximum absolute atomic E-state index is 10.7. The summed E-state index contributed by atoms with van der Waals surface area (Å²) in [7, 11) is 1.69. The van der Waals surface area contributed by atoms with Gasteiger partial charge in [0, 0.05) is 12.1 Å². The van der Waals surface area contributed by atoms with Crippen LogP contribution in [0.15, 0.2) is 23.2 Å². The molecular weight excluding hydrogens is 441 g/mol. The zero-order valence-electron chi connectivity index (χ0n) is 16.5.